The summed E-state index contributed by atoms with van der Waals surface area (Å²) in [4.78, 5) is 31.1. The number of hydrogen-bond acceptors (Lipinski definition) is 8. The Morgan fingerprint density at radius 2 is 2.22 bits per heavy atom. The Hall–Kier alpha value is -2.82. The molecule has 9 nitrogen and oxygen atoms in total. The van der Waals surface area contributed by atoms with Crippen molar-refractivity contribution < 1.29 is 6.17 Å². The van der Waals surface area contributed by atoms with E-state index in [-0.39, 0.29) is 18.5 Å². The molecule has 1 fully saturated rings. The number of anilines is 2. The van der Waals surface area contributed by atoms with E-state index in [0.29, 0.717) is 34.6 Å². The van der Waals surface area contributed by atoms with Crippen LogP contribution in [0.25, 0.3) is 15.5 Å². The molecule has 1 aromatic carbocycles. The molecule has 0 atom stereocenters. The highest BCUT2D eigenvalue weighted by Gasteiger charge is 2.16. The van der Waals surface area contributed by atoms with E-state index in [9.17, 15) is 9.59 Å². The van der Waals surface area contributed by atoms with Crippen LogP contribution in [0.2, 0.25) is 0 Å². The molecule has 1 amide bonds. The number of carbonyl (C=O) groups is 1. The summed E-state index contributed by atoms with van der Waals surface area (Å²) >= 11 is 1.26. The molecular formula is C17H19N7O2S. The summed E-state index contributed by atoms with van der Waals surface area (Å²) in [6.45, 7) is 2.86. The highest BCUT2D eigenvalue weighted by Crippen LogP contribution is 2.27. The van der Waals surface area contributed by atoms with Crippen LogP contribution in [0.3, 0.4) is 0 Å². The molecule has 10 heteroatoms. The lowest BCUT2D eigenvalue weighted by molar-refractivity contribution is -0.114. The number of fused-ring (bicyclic) bond motifs is 1. The van der Waals surface area contributed by atoms with Gasteiger partial charge in [0.05, 0.1) is 7.92 Å². The minimum absolute atomic E-state index is 0.105. The fourth-order valence-corrected chi connectivity index (χ4v) is 3.72. The molecule has 140 valence electrons. The maximum Gasteiger partial charge on any atom is 0.277 e. The largest absolute Gasteiger partial charge is 0.354 e. The summed E-state index contributed by atoms with van der Waals surface area (Å²) in [5, 5.41) is 10.9. The first-order valence-electron chi connectivity index (χ1n) is 9.03. The van der Waals surface area contributed by atoms with E-state index in [0.717, 1.165) is 18.7 Å². The number of nitrogens with one attached hydrogen (secondary N) is 2. The third-order valence-electron chi connectivity index (χ3n) is 4.17. The zero-order valence-corrected chi connectivity index (χ0v) is 15.3. The van der Waals surface area contributed by atoms with Crippen molar-refractivity contribution in [1.82, 2.24) is 19.9 Å². The minimum Gasteiger partial charge on any atom is -0.354 e. The van der Waals surface area contributed by atoms with Gasteiger partial charge in [0.25, 0.3) is 5.56 Å². The van der Waals surface area contributed by atoms with Gasteiger partial charge in [-0.25, -0.2) is 4.98 Å². The van der Waals surface area contributed by atoms with Gasteiger partial charge in [-0.3, -0.25) is 9.59 Å². The predicted molar refractivity (Wildman–Crippen MR) is 105 cm³/mol. The molecule has 0 bridgehead atoms. The summed E-state index contributed by atoms with van der Waals surface area (Å²) in [7, 11) is 0. The van der Waals surface area contributed by atoms with Gasteiger partial charge < -0.3 is 21.3 Å². The van der Waals surface area contributed by atoms with Crippen molar-refractivity contribution in [1.29, 1.82) is 0 Å². The highest BCUT2D eigenvalue weighted by molar-refractivity contribution is 7.19. The number of nitrogens with zero attached hydrogens (tertiary/aromatic N) is 4. The summed E-state index contributed by atoms with van der Waals surface area (Å²) in [5.41, 5.74) is 6.17. The predicted octanol–water partition coefficient (Wildman–Crippen LogP) is 0.125. The van der Waals surface area contributed by atoms with E-state index < -0.39 is 5.56 Å². The van der Waals surface area contributed by atoms with Crippen molar-refractivity contribution in [2.24, 2.45) is 5.73 Å². The van der Waals surface area contributed by atoms with Crippen molar-refractivity contribution in [3.8, 4) is 10.6 Å². The van der Waals surface area contributed by atoms with Crippen LogP contribution >= 0.6 is 11.3 Å². The lowest BCUT2D eigenvalue weighted by Crippen LogP contribution is -2.44. The lowest BCUT2D eigenvalue weighted by Gasteiger charge is -2.27. The number of carbonyl (C=O) groups excluding carboxylic acids is 1. The van der Waals surface area contributed by atoms with E-state index in [1.165, 1.54) is 15.9 Å². The molecule has 4 rings (SSSR count). The van der Waals surface area contributed by atoms with Crippen LogP contribution in [-0.4, -0.2) is 53.2 Å². The minimum atomic E-state index is -0.492. The van der Waals surface area contributed by atoms with Crippen LogP contribution in [0.4, 0.5) is 11.5 Å². The molecule has 0 radical (unpaired) electrons. The third kappa shape index (κ3) is 3.68. The average molecular weight is 386 g/mol. The number of benzene rings is 1. The Labute approximate surface area is 160 Å². The summed E-state index contributed by atoms with van der Waals surface area (Å²) in [6, 6.07) is 6.97. The molecule has 1 saturated heterocycles. The summed E-state index contributed by atoms with van der Waals surface area (Å²) in [6.07, 6.45) is 0. The second kappa shape index (κ2) is 7.43. The molecule has 3 heterocycles. The van der Waals surface area contributed by atoms with Gasteiger partial charge in [0.15, 0.2) is 0 Å². The number of hydrogen-bond donors (Lipinski definition) is 3. The van der Waals surface area contributed by atoms with E-state index >= 15 is 0 Å². The Kier molecular flexibility index (Phi) is 4.50. The van der Waals surface area contributed by atoms with Gasteiger partial charge >= 0.3 is 0 Å². The average Bonchev–Trinajstić information content (AvgIpc) is 3.16. The van der Waals surface area contributed by atoms with Gasteiger partial charge in [-0.2, -0.15) is 9.61 Å². The van der Waals surface area contributed by atoms with Gasteiger partial charge in [-0.1, -0.05) is 23.5 Å². The molecule has 2 aromatic heterocycles. The zero-order chi connectivity index (χ0) is 19.7. The summed E-state index contributed by atoms with van der Waals surface area (Å²) < 4.78 is 9.37. The standard InChI is InChI=1S/C17H19N7O2S/c18-10-14(25)20-12-3-1-2-11(8-12)16-22-24-15(26)9-13(21-17(24)27-16)23-6-4-19-5-7-23/h1-3,8-9,19H,4-7,10,18H2,(H,20,25)/i9D. The molecule has 0 aliphatic carbocycles. The monoisotopic (exact) mass is 386 g/mol. The second-order valence-electron chi connectivity index (χ2n) is 6.04. The van der Waals surface area contributed by atoms with E-state index in [4.69, 9.17) is 7.10 Å². The molecule has 0 saturated carbocycles. The molecule has 3 aromatic rings. The van der Waals surface area contributed by atoms with Gasteiger partial charge in [0.1, 0.15) is 10.8 Å². The number of aromatic nitrogens is 3. The molecule has 27 heavy (non-hydrogen) atoms. The fraction of sp³-hybridized carbons (Fsp3) is 0.294. The second-order valence-corrected chi connectivity index (χ2v) is 6.99. The number of nitrogens with two attached hydrogens (primary N) is 1. The first kappa shape index (κ1) is 16.4. The Bertz CT molecular complexity index is 1090. The molecule has 1 aliphatic rings. The van der Waals surface area contributed by atoms with Gasteiger partial charge in [0.2, 0.25) is 10.9 Å². The lowest BCUT2D eigenvalue weighted by atomic mass is 10.2. The van der Waals surface area contributed by atoms with Gasteiger partial charge in [-0.15, -0.1) is 0 Å². The Balaban J connectivity index is 1.74. The normalized spacial score (nSPS) is 15.0. The Morgan fingerprint density at radius 3 is 3.00 bits per heavy atom. The molecular weight excluding hydrogens is 366 g/mol. The van der Waals surface area contributed by atoms with E-state index in [2.05, 4.69) is 20.7 Å². The number of rotatable bonds is 4. The fourth-order valence-electron chi connectivity index (χ4n) is 2.84. The maximum atomic E-state index is 12.7. The van der Waals surface area contributed by atoms with Crippen molar-refractivity contribution in [2.75, 3.05) is 42.9 Å². The van der Waals surface area contributed by atoms with Crippen LogP contribution in [0.5, 0.6) is 0 Å². The van der Waals surface area contributed by atoms with Crippen LogP contribution in [0, 0.1) is 0 Å². The quantitative estimate of drug-likeness (QED) is 0.583. The topological polar surface area (TPSA) is 118 Å². The maximum absolute atomic E-state index is 12.7. The van der Waals surface area contributed by atoms with E-state index in [1.54, 1.807) is 18.2 Å². The summed E-state index contributed by atoms with van der Waals surface area (Å²) in [5.74, 6) is 0.101. The van der Waals surface area contributed by atoms with Crippen LogP contribution in [-0.2, 0) is 4.79 Å². The molecule has 0 unspecified atom stereocenters. The van der Waals surface area contributed by atoms with E-state index in [1.807, 2.05) is 11.0 Å². The molecule has 1 aliphatic heterocycles. The molecule has 0 spiro atoms. The van der Waals surface area contributed by atoms with Gasteiger partial charge in [-0.05, 0) is 12.1 Å². The first-order chi connectivity index (χ1) is 13.6. The van der Waals surface area contributed by atoms with Crippen molar-refractivity contribution in [2.45, 2.75) is 0 Å². The molecule has 4 N–H and O–H groups in total. The van der Waals surface area contributed by atoms with Crippen molar-refractivity contribution in [3.63, 3.8) is 0 Å². The van der Waals surface area contributed by atoms with Crippen LogP contribution in [0.15, 0.2) is 35.1 Å². The number of piperazine rings is 1. The number of amides is 1. The third-order valence-corrected chi connectivity index (χ3v) is 5.13. The SMILES string of the molecule is [2H]c1c(N2CCNCC2)nc2sc(-c3cccc(NC(=O)CN)c3)nn2c1=O. The van der Waals surface area contributed by atoms with Crippen LogP contribution < -0.4 is 26.8 Å². The highest BCUT2D eigenvalue weighted by atomic mass is 32.1. The van der Waals surface area contributed by atoms with Crippen molar-refractivity contribution in [3.05, 3.63) is 40.7 Å². The van der Waals surface area contributed by atoms with Crippen LogP contribution in [0.1, 0.15) is 1.37 Å². The smallest absolute Gasteiger partial charge is 0.277 e. The Morgan fingerprint density at radius 1 is 1.41 bits per heavy atom. The van der Waals surface area contributed by atoms with Gasteiger partial charge in [0, 0.05) is 43.5 Å². The first-order valence-corrected chi connectivity index (χ1v) is 9.35. The zero-order valence-electron chi connectivity index (χ0n) is 15.4. The van der Waals surface area contributed by atoms with Crippen molar-refractivity contribution >= 4 is 33.7 Å².